The fraction of sp³-hybridized carbons (Fsp3) is 0.167. The minimum absolute atomic E-state index is 0.0451. The first kappa shape index (κ1) is 14.2. The summed E-state index contributed by atoms with van der Waals surface area (Å²) >= 11 is 3.32. The first-order valence-electron chi connectivity index (χ1n) is 5.61. The molecule has 0 saturated carbocycles. The minimum Gasteiger partial charge on any atom is -0.463 e. The number of hydrogen-bond acceptors (Lipinski definition) is 5. The highest BCUT2D eigenvalue weighted by molar-refractivity contribution is 9.10. The predicted molar refractivity (Wildman–Crippen MR) is 74.1 cm³/mol. The summed E-state index contributed by atoms with van der Waals surface area (Å²) in [5.41, 5.74) is 0.665. The molecule has 0 atom stereocenters. The summed E-state index contributed by atoms with van der Waals surface area (Å²) in [6.07, 6.45) is 1.30. The molecule has 0 spiro atoms. The molecule has 0 saturated heterocycles. The summed E-state index contributed by atoms with van der Waals surface area (Å²) in [5, 5.41) is 6.55. The molecule has 0 aliphatic carbocycles. The number of nitrogens with zero attached hydrogens (tertiary/aromatic N) is 3. The van der Waals surface area contributed by atoms with Gasteiger partial charge < -0.3 is 10.1 Å². The Hall–Kier alpha value is -2.22. The number of rotatable bonds is 4. The zero-order chi connectivity index (χ0) is 14.5. The number of aromatic nitrogens is 3. The average molecular weight is 339 g/mol. The van der Waals surface area contributed by atoms with Crippen molar-refractivity contribution in [1.29, 1.82) is 0 Å². The molecule has 1 aromatic heterocycles. The zero-order valence-electron chi connectivity index (χ0n) is 10.5. The van der Waals surface area contributed by atoms with Crippen LogP contribution in [0.25, 0.3) is 0 Å². The van der Waals surface area contributed by atoms with Crippen LogP contribution in [0.4, 0.5) is 5.69 Å². The second-order valence-electron chi connectivity index (χ2n) is 3.82. The molecule has 0 radical (unpaired) electrons. The molecular weight excluding hydrogens is 328 g/mol. The minimum atomic E-state index is -0.642. The van der Waals surface area contributed by atoms with E-state index in [2.05, 4.69) is 36.1 Å². The van der Waals surface area contributed by atoms with Crippen LogP contribution < -0.4 is 5.32 Å². The van der Waals surface area contributed by atoms with Crippen molar-refractivity contribution in [2.24, 2.45) is 0 Å². The quantitative estimate of drug-likeness (QED) is 0.853. The fourth-order valence-corrected chi connectivity index (χ4v) is 1.87. The standard InChI is InChI=1S/C12H11BrN4O3/c1-20-12(19)11-14-7-17(16-11)6-10(18)15-9-4-2-3-8(13)5-9/h2-5,7H,6H2,1H3,(H,15,18). The molecule has 2 rings (SSSR count). The Labute approximate surface area is 123 Å². The van der Waals surface area contributed by atoms with Crippen molar-refractivity contribution in [3.8, 4) is 0 Å². The maximum atomic E-state index is 11.8. The number of halogens is 1. The molecule has 0 aliphatic heterocycles. The number of carbonyl (C=O) groups excluding carboxylic acids is 2. The Morgan fingerprint density at radius 2 is 2.25 bits per heavy atom. The Bertz CT molecular complexity index is 641. The van der Waals surface area contributed by atoms with Gasteiger partial charge in [0.1, 0.15) is 12.9 Å². The van der Waals surface area contributed by atoms with E-state index in [9.17, 15) is 9.59 Å². The topological polar surface area (TPSA) is 86.1 Å². The highest BCUT2D eigenvalue weighted by Gasteiger charge is 2.12. The Morgan fingerprint density at radius 1 is 1.45 bits per heavy atom. The molecule has 1 heterocycles. The van der Waals surface area contributed by atoms with Crippen molar-refractivity contribution in [3.05, 3.63) is 40.9 Å². The van der Waals surface area contributed by atoms with E-state index in [1.807, 2.05) is 12.1 Å². The van der Waals surface area contributed by atoms with Gasteiger partial charge in [-0.05, 0) is 18.2 Å². The van der Waals surface area contributed by atoms with E-state index in [4.69, 9.17) is 0 Å². The second kappa shape index (κ2) is 6.29. The number of carbonyl (C=O) groups is 2. The molecule has 1 N–H and O–H groups in total. The average Bonchev–Trinajstić information content (AvgIpc) is 2.86. The van der Waals surface area contributed by atoms with Gasteiger partial charge in [0.05, 0.1) is 7.11 Å². The number of nitrogens with one attached hydrogen (secondary N) is 1. The number of hydrogen-bond donors (Lipinski definition) is 1. The van der Waals surface area contributed by atoms with Crippen molar-refractivity contribution < 1.29 is 14.3 Å². The van der Waals surface area contributed by atoms with Gasteiger partial charge >= 0.3 is 5.97 Å². The van der Waals surface area contributed by atoms with Gasteiger partial charge in [-0.3, -0.25) is 4.79 Å². The Kier molecular flexibility index (Phi) is 4.46. The smallest absolute Gasteiger partial charge is 0.377 e. The van der Waals surface area contributed by atoms with E-state index in [-0.39, 0.29) is 18.3 Å². The lowest BCUT2D eigenvalue weighted by atomic mass is 10.3. The van der Waals surface area contributed by atoms with Crippen LogP contribution in [0.15, 0.2) is 35.1 Å². The van der Waals surface area contributed by atoms with Gasteiger partial charge in [0, 0.05) is 10.2 Å². The molecule has 1 amide bonds. The van der Waals surface area contributed by atoms with Crippen LogP contribution in [0.3, 0.4) is 0 Å². The number of esters is 1. The van der Waals surface area contributed by atoms with E-state index in [0.29, 0.717) is 5.69 Å². The number of benzene rings is 1. The molecule has 1 aromatic carbocycles. The van der Waals surface area contributed by atoms with Crippen LogP contribution in [-0.4, -0.2) is 33.8 Å². The Morgan fingerprint density at radius 3 is 2.95 bits per heavy atom. The molecule has 0 unspecified atom stereocenters. The lowest BCUT2D eigenvalue weighted by molar-refractivity contribution is -0.116. The van der Waals surface area contributed by atoms with E-state index in [1.54, 1.807) is 12.1 Å². The molecule has 0 aliphatic rings. The van der Waals surface area contributed by atoms with E-state index < -0.39 is 5.97 Å². The second-order valence-corrected chi connectivity index (χ2v) is 4.73. The van der Waals surface area contributed by atoms with Crippen LogP contribution in [0, 0.1) is 0 Å². The maximum Gasteiger partial charge on any atom is 0.377 e. The van der Waals surface area contributed by atoms with Gasteiger partial charge in [0.25, 0.3) is 5.82 Å². The maximum absolute atomic E-state index is 11.8. The number of amides is 1. The largest absolute Gasteiger partial charge is 0.463 e. The van der Waals surface area contributed by atoms with Crippen molar-refractivity contribution >= 4 is 33.5 Å². The third-order valence-electron chi connectivity index (χ3n) is 2.32. The van der Waals surface area contributed by atoms with Gasteiger partial charge in [0.15, 0.2) is 0 Å². The predicted octanol–water partition coefficient (Wildman–Crippen LogP) is 1.47. The van der Waals surface area contributed by atoms with Crippen LogP contribution in [0.2, 0.25) is 0 Å². The first-order chi connectivity index (χ1) is 9.58. The Balaban J connectivity index is 1.98. The van der Waals surface area contributed by atoms with Gasteiger partial charge in [0.2, 0.25) is 5.91 Å². The summed E-state index contributed by atoms with van der Waals surface area (Å²) in [4.78, 5) is 26.7. The van der Waals surface area contributed by atoms with Crippen molar-refractivity contribution in [2.45, 2.75) is 6.54 Å². The van der Waals surface area contributed by atoms with E-state index >= 15 is 0 Å². The summed E-state index contributed by atoms with van der Waals surface area (Å²) in [5.74, 6) is -0.997. The van der Waals surface area contributed by atoms with E-state index in [1.165, 1.54) is 18.1 Å². The molecule has 7 nitrogen and oxygen atoms in total. The lowest BCUT2D eigenvalue weighted by Gasteiger charge is -2.05. The first-order valence-corrected chi connectivity index (χ1v) is 6.41. The number of ether oxygens (including phenoxy) is 1. The highest BCUT2D eigenvalue weighted by atomic mass is 79.9. The van der Waals surface area contributed by atoms with Gasteiger partial charge in [-0.1, -0.05) is 22.0 Å². The monoisotopic (exact) mass is 338 g/mol. The molecule has 104 valence electrons. The number of anilines is 1. The van der Waals surface area contributed by atoms with Crippen molar-refractivity contribution in [1.82, 2.24) is 14.8 Å². The van der Waals surface area contributed by atoms with Gasteiger partial charge in [-0.2, -0.15) is 0 Å². The summed E-state index contributed by atoms with van der Waals surface area (Å²) in [6, 6.07) is 7.21. The molecule has 0 bridgehead atoms. The highest BCUT2D eigenvalue weighted by Crippen LogP contribution is 2.15. The third kappa shape index (κ3) is 3.64. The molecule has 8 heteroatoms. The summed E-state index contributed by atoms with van der Waals surface area (Å²) in [6.45, 7) is -0.0451. The van der Waals surface area contributed by atoms with Gasteiger partial charge in [-0.15, -0.1) is 5.10 Å². The van der Waals surface area contributed by atoms with Crippen LogP contribution in [0.1, 0.15) is 10.6 Å². The van der Waals surface area contributed by atoms with E-state index in [0.717, 1.165) is 4.47 Å². The summed E-state index contributed by atoms with van der Waals surface area (Å²) < 4.78 is 6.61. The molecular formula is C12H11BrN4O3. The SMILES string of the molecule is COC(=O)c1ncn(CC(=O)Nc2cccc(Br)c2)n1. The van der Waals surface area contributed by atoms with Crippen LogP contribution >= 0.6 is 15.9 Å². The molecule has 20 heavy (non-hydrogen) atoms. The van der Waals surface area contributed by atoms with Crippen molar-refractivity contribution in [3.63, 3.8) is 0 Å². The summed E-state index contributed by atoms with van der Waals surface area (Å²) in [7, 11) is 1.24. The molecule has 0 fully saturated rings. The lowest BCUT2D eigenvalue weighted by Crippen LogP contribution is -2.19. The third-order valence-corrected chi connectivity index (χ3v) is 2.81. The number of methoxy groups -OCH3 is 1. The fourth-order valence-electron chi connectivity index (χ4n) is 1.47. The van der Waals surface area contributed by atoms with Crippen molar-refractivity contribution in [2.75, 3.05) is 12.4 Å². The molecule has 2 aromatic rings. The zero-order valence-corrected chi connectivity index (χ0v) is 12.1. The van der Waals surface area contributed by atoms with Crippen LogP contribution in [-0.2, 0) is 16.1 Å². The van der Waals surface area contributed by atoms with Gasteiger partial charge in [-0.25, -0.2) is 14.5 Å². The normalized spacial score (nSPS) is 10.1. The van der Waals surface area contributed by atoms with Crippen LogP contribution in [0.5, 0.6) is 0 Å².